The van der Waals surface area contributed by atoms with Gasteiger partial charge in [-0.2, -0.15) is 5.26 Å². The lowest BCUT2D eigenvalue weighted by molar-refractivity contribution is -0.152. The van der Waals surface area contributed by atoms with Crippen LogP contribution in [-0.2, 0) is 20.7 Å². The van der Waals surface area contributed by atoms with Gasteiger partial charge in [0.25, 0.3) is 0 Å². The maximum absolute atomic E-state index is 12.7. The Bertz CT molecular complexity index is 810. The van der Waals surface area contributed by atoms with E-state index in [1.807, 2.05) is 6.07 Å². The summed E-state index contributed by atoms with van der Waals surface area (Å²) in [7, 11) is 1.23. The number of carbonyl (C=O) groups is 2. The molecule has 1 aliphatic rings. The van der Waals surface area contributed by atoms with Crippen LogP contribution in [0.5, 0.6) is 0 Å². The normalized spacial score (nSPS) is 20.9. The Morgan fingerprint density at radius 2 is 2.22 bits per heavy atom. The minimum absolute atomic E-state index is 0.0182. The summed E-state index contributed by atoms with van der Waals surface area (Å²) in [5, 5.41) is 12.6. The first kappa shape index (κ1) is 19.8. The van der Waals surface area contributed by atoms with Crippen molar-refractivity contribution in [1.29, 1.82) is 5.26 Å². The molecule has 0 saturated carbocycles. The second-order valence-electron chi connectivity index (χ2n) is 6.05. The Hall–Kier alpha value is -3.50. The topological polar surface area (TPSA) is 128 Å². The fraction of sp³-hybridized carbons (Fsp3) is 0.389. The second kappa shape index (κ2) is 8.74. The molecule has 0 radical (unpaired) electrons. The number of azide groups is 1. The summed E-state index contributed by atoms with van der Waals surface area (Å²) in [5.74, 6) is -0.627. The highest BCUT2D eigenvalue weighted by molar-refractivity contribution is 5.87. The lowest BCUT2D eigenvalue weighted by atomic mass is 9.87. The van der Waals surface area contributed by atoms with Crippen molar-refractivity contribution >= 4 is 12.1 Å². The third kappa shape index (κ3) is 4.19. The summed E-state index contributed by atoms with van der Waals surface area (Å²) in [5.41, 5.74) is 8.60. The molecule has 1 aliphatic heterocycles. The van der Waals surface area contributed by atoms with Crippen molar-refractivity contribution in [2.45, 2.75) is 24.4 Å². The van der Waals surface area contributed by atoms with Gasteiger partial charge in [-0.1, -0.05) is 29.9 Å². The molecular weight excluding hydrogens is 350 g/mol. The highest BCUT2D eigenvalue weighted by atomic mass is 16.6. The Labute approximate surface area is 156 Å². The van der Waals surface area contributed by atoms with Crippen LogP contribution < -0.4 is 0 Å². The smallest absolute Gasteiger partial charge is 0.411 e. The van der Waals surface area contributed by atoms with E-state index in [2.05, 4.69) is 16.6 Å². The van der Waals surface area contributed by atoms with Crippen molar-refractivity contribution in [3.8, 4) is 6.07 Å². The number of hydrogen-bond acceptors (Lipinski definition) is 6. The van der Waals surface area contributed by atoms with Crippen LogP contribution in [0.1, 0.15) is 17.5 Å². The molecule has 1 amide bonds. The van der Waals surface area contributed by atoms with Crippen LogP contribution in [0.4, 0.5) is 4.79 Å². The standard InChI is InChI=1S/C18H19N5O4/c1-3-8-27-17(25)23-12-15(21-22-20)10-18(23,16(24)26-2)9-13-4-6-14(11-19)7-5-13/h3-7,15H,1,8-10,12H2,2H3/t15-,18+/m1/s1. The van der Waals surface area contributed by atoms with Crippen LogP contribution in [0.15, 0.2) is 42.0 Å². The molecule has 9 heteroatoms. The molecular formula is C18H19N5O4. The van der Waals surface area contributed by atoms with Gasteiger partial charge in [0.1, 0.15) is 12.1 Å². The first-order valence-electron chi connectivity index (χ1n) is 8.17. The third-order valence-electron chi connectivity index (χ3n) is 4.39. The molecule has 1 aromatic carbocycles. The van der Waals surface area contributed by atoms with Gasteiger partial charge in [0.15, 0.2) is 0 Å². The predicted molar refractivity (Wildman–Crippen MR) is 95.4 cm³/mol. The minimum Gasteiger partial charge on any atom is -0.467 e. The zero-order valence-corrected chi connectivity index (χ0v) is 14.9. The van der Waals surface area contributed by atoms with Gasteiger partial charge in [-0.25, -0.2) is 9.59 Å². The first-order valence-corrected chi connectivity index (χ1v) is 8.17. The molecule has 0 spiro atoms. The summed E-state index contributed by atoms with van der Waals surface area (Å²) >= 11 is 0. The molecule has 140 valence electrons. The van der Waals surface area contributed by atoms with Gasteiger partial charge in [0, 0.05) is 17.9 Å². The van der Waals surface area contributed by atoms with Crippen LogP contribution in [0.3, 0.4) is 0 Å². The van der Waals surface area contributed by atoms with E-state index in [9.17, 15) is 9.59 Å². The zero-order valence-electron chi connectivity index (χ0n) is 14.9. The average molecular weight is 369 g/mol. The molecule has 0 aliphatic carbocycles. The fourth-order valence-corrected chi connectivity index (χ4v) is 3.22. The van der Waals surface area contributed by atoms with Gasteiger partial charge in [-0.3, -0.25) is 4.90 Å². The summed E-state index contributed by atoms with van der Waals surface area (Å²) < 4.78 is 10.1. The van der Waals surface area contributed by atoms with E-state index in [0.29, 0.717) is 5.56 Å². The number of esters is 1. The molecule has 9 nitrogen and oxygen atoms in total. The monoisotopic (exact) mass is 369 g/mol. The van der Waals surface area contributed by atoms with Crippen LogP contribution in [0, 0.1) is 11.3 Å². The Kier molecular flexibility index (Phi) is 6.41. The van der Waals surface area contributed by atoms with Crippen LogP contribution in [0.2, 0.25) is 0 Å². The lowest BCUT2D eigenvalue weighted by Crippen LogP contribution is -2.55. The van der Waals surface area contributed by atoms with Crippen molar-refractivity contribution in [1.82, 2.24) is 4.90 Å². The zero-order chi connectivity index (χ0) is 19.9. The minimum atomic E-state index is -1.37. The number of rotatable bonds is 6. The Morgan fingerprint density at radius 1 is 1.52 bits per heavy atom. The number of amides is 1. The van der Waals surface area contributed by atoms with Crippen LogP contribution in [0.25, 0.3) is 10.4 Å². The van der Waals surface area contributed by atoms with Gasteiger partial charge in [0.2, 0.25) is 0 Å². The van der Waals surface area contributed by atoms with Crippen molar-refractivity contribution < 1.29 is 19.1 Å². The van der Waals surface area contributed by atoms with Crippen molar-refractivity contribution in [2.24, 2.45) is 5.11 Å². The van der Waals surface area contributed by atoms with Crippen LogP contribution >= 0.6 is 0 Å². The van der Waals surface area contributed by atoms with Gasteiger partial charge in [-0.15, -0.1) is 0 Å². The molecule has 0 aromatic heterocycles. The number of carbonyl (C=O) groups excluding carboxylic acids is 2. The van der Waals surface area contributed by atoms with E-state index in [-0.39, 0.29) is 26.0 Å². The summed E-state index contributed by atoms with van der Waals surface area (Å²) in [6.07, 6.45) is 0.933. The van der Waals surface area contributed by atoms with Gasteiger partial charge in [-0.05, 0) is 29.6 Å². The second-order valence-corrected chi connectivity index (χ2v) is 6.05. The molecule has 1 saturated heterocycles. The molecule has 0 bridgehead atoms. The van der Waals surface area contributed by atoms with Gasteiger partial charge in [0.05, 0.1) is 24.8 Å². The van der Waals surface area contributed by atoms with E-state index >= 15 is 0 Å². The first-order chi connectivity index (χ1) is 13.0. The third-order valence-corrected chi connectivity index (χ3v) is 4.39. The predicted octanol–water partition coefficient (Wildman–Crippen LogP) is 2.72. The van der Waals surface area contributed by atoms with E-state index in [4.69, 9.17) is 20.3 Å². The van der Waals surface area contributed by atoms with Crippen molar-refractivity contribution in [2.75, 3.05) is 20.3 Å². The van der Waals surface area contributed by atoms with Crippen molar-refractivity contribution in [3.05, 3.63) is 58.5 Å². The number of ether oxygens (including phenoxy) is 2. The highest BCUT2D eigenvalue weighted by Gasteiger charge is 2.54. The molecule has 1 heterocycles. The SMILES string of the molecule is C=CCOC(=O)N1C[C@H](N=[N+]=[N-])C[C@@]1(Cc1ccc(C#N)cc1)C(=O)OC. The molecule has 2 rings (SSSR count). The van der Waals surface area contributed by atoms with Crippen LogP contribution in [-0.4, -0.2) is 48.8 Å². The number of methoxy groups -OCH3 is 1. The fourth-order valence-electron chi connectivity index (χ4n) is 3.22. The Morgan fingerprint density at radius 3 is 2.78 bits per heavy atom. The lowest BCUT2D eigenvalue weighted by Gasteiger charge is -2.35. The maximum atomic E-state index is 12.7. The largest absolute Gasteiger partial charge is 0.467 e. The average Bonchev–Trinajstić information content (AvgIpc) is 3.05. The van der Waals surface area contributed by atoms with Gasteiger partial charge < -0.3 is 9.47 Å². The van der Waals surface area contributed by atoms with E-state index in [1.165, 1.54) is 18.1 Å². The molecule has 27 heavy (non-hydrogen) atoms. The molecule has 0 unspecified atom stereocenters. The molecule has 1 aromatic rings. The quantitative estimate of drug-likeness (QED) is 0.250. The summed E-state index contributed by atoms with van der Waals surface area (Å²) in [4.78, 5) is 29.3. The highest BCUT2D eigenvalue weighted by Crippen LogP contribution is 2.36. The number of likely N-dealkylation sites (tertiary alicyclic amines) is 1. The number of hydrogen-bond donors (Lipinski definition) is 0. The van der Waals surface area contributed by atoms with E-state index in [0.717, 1.165) is 5.56 Å². The number of benzene rings is 1. The maximum Gasteiger partial charge on any atom is 0.411 e. The Balaban J connectivity index is 2.44. The van der Waals surface area contributed by atoms with Crippen molar-refractivity contribution in [3.63, 3.8) is 0 Å². The molecule has 2 atom stereocenters. The summed E-state index contributed by atoms with van der Waals surface area (Å²) in [6.45, 7) is 3.51. The molecule has 0 N–H and O–H groups in total. The number of nitrogens with zero attached hydrogens (tertiary/aromatic N) is 5. The summed E-state index contributed by atoms with van der Waals surface area (Å²) in [6, 6.07) is 8.09. The molecule has 1 fully saturated rings. The van der Waals surface area contributed by atoms with E-state index in [1.54, 1.807) is 24.3 Å². The number of nitriles is 1. The van der Waals surface area contributed by atoms with E-state index < -0.39 is 23.6 Å². The van der Waals surface area contributed by atoms with Gasteiger partial charge >= 0.3 is 12.1 Å².